The molecule has 1 saturated heterocycles. The van der Waals surface area contributed by atoms with Crippen molar-refractivity contribution in [2.45, 2.75) is 25.9 Å². The van der Waals surface area contributed by atoms with Crippen LogP contribution in [0.15, 0.2) is 59.4 Å². The number of alkyl halides is 3. The molecule has 2 aromatic carbocycles. The van der Waals surface area contributed by atoms with Gasteiger partial charge in [-0.25, -0.2) is 4.68 Å². The molecule has 1 aliphatic rings. The third-order valence-electron chi connectivity index (χ3n) is 5.56. The molecule has 3 aromatic rings. The van der Waals surface area contributed by atoms with Gasteiger partial charge in [-0.3, -0.25) is 14.4 Å². The molecule has 1 fully saturated rings. The number of benzene rings is 2. The number of aryl methyl sites for hydroxylation is 1. The minimum absolute atomic E-state index is 0.128. The average molecular weight is 470 g/mol. The molecule has 2 heterocycles. The van der Waals surface area contributed by atoms with Crippen LogP contribution in [0.2, 0.25) is 0 Å². The lowest BCUT2D eigenvalue weighted by Gasteiger charge is -2.18. The minimum atomic E-state index is -4.66. The fourth-order valence-corrected chi connectivity index (χ4v) is 3.90. The van der Waals surface area contributed by atoms with Crippen LogP contribution in [0.25, 0.3) is 5.69 Å². The van der Waals surface area contributed by atoms with Crippen LogP contribution in [-0.4, -0.2) is 39.6 Å². The topological polar surface area (TPSA) is 84.3 Å². The molecule has 0 aliphatic carbocycles. The Bertz CT molecular complexity index is 1310. The summed E-state index contributed by atoms with van der Waals surface area (Å²) in [7, 11) is 0. The van der Waals surface area contributed by atoms with E-state index in [9.17, 15) is 27.6 Å². The van der Waals surface area contributed by atoms with E-state index in [4.69, 9.17) is 0 Å². The van der Waals surface area contributed by atoms with Crippen molar-refractivity contribution in [3.05, 3.63) is 87.3 Å². The van der Waals surface area contributed by atoms with Crippen LogP contribution < -0.4 is 10.7 Å². The van der Waals surface area contributed by atoms with E-state index in [2.05, 4.69) is 10.4 Å². The van der Waals surface area contributed by atoms with Gasteiger partial charge in [-0.1, -0.05) is 24.3 Å². The van der Waals surface area contributed by atoms with Crippen LogP contribution in [0.1, 0.15) is 44.9 Å². The summed E-state index contributed by atoms with van der Waals surface area (Å²) in [6, 6.07) is 12.2. The largest absolute Gasteiger partial charge is 0.418 e. The van der Waals surface area contributed by atoms with Gasteiger partial charge in [-0.05, 0) is 44.0 Å². The molecular weight excluding hydrogens is 449 g/mol. The summed E-state index contributed by atoms with van der Waals surface area (Å²) in [6.45, 7) is 2.65. The SMILES string of the molecule is Cc1cc(=O)c(C(=O)Nc2ccccc2C(=O)N2CCCC2)nn1-c1ccccc1C(F)(F)F. The van der Waals surface area contributed by atoms with Crippen molar-refractivity contribution in [1.29, 1.82) is 0 Å². The van der Waals surface area contributed by atoms with Crippen molar-refractivity contribution in [2.75, 3.05) is 18.4 Å². The second-order valence-electron chi connectivity index (χ2n) is 7.92. The number of para-hydroxylation sites is 2. The highest BCUT2D eigenvalue weighted by atomic mass is 19.4. The smallest absolute Gasteiger partial charge is 0.339 e. The number of amides is 2. The maximum atomic E-state index is 13.5. The number of likely N-dealkylation sites (tertiary alicyclic amines) is 1. The zero-order chi connectivity index (χ0) is 24.5. The van der Waals surface area contributed by atoms with Crippen molar-refractivity contribution in [1.82, 2.24) is 14.7 Å². The monoisotopic (exact) mass is 470 g/mol. The zero-order valence-corrected chi connectivity index (χ0v) is 18.2. The van der Waals surface area contributed by atoms with E-state index in [0.717, 1.165) is 29.7 Å². The molecule has 0 spiro atoms. The number of halogens is 3. The molecule has 0 bridgehead atoms. The lowest BCUT2D eigenvalue weighted by molar-refractivity contribution is -0.137. The Morgan fingerprint density at radius 3 is 2.35 bits per heavy atom. The number of rotatable bonds is 4. The van der Waals surface area contributed by atoms with Gasteiger partial charge in [0.05, 0.1) is 22.5 Å². The lowest BCUT2D eigenvalue weighted by atomic mass is 10.1. The van der Waals surface area contributed by atoms with Gasteiger partial charge in [0, 0.05) is 24.8 Å². The average Bonchev–Trinajstić information content (AvgIpc) is 3.33. The van der Waals surface area contributed by atoms with Crippen LogP contribution in [0, 0.1) is 6.92 Å². The summed E-state index contributed by atoms with van der Waals surface area (Å²) < 4.78 is 41.5. The van der Waals surface area contributed by atoms with Gasteiger partial charge in [-0.2, -0.15) is 18.3 Å². The first-order valence-corrected chi connectivity index (χ1v) is 10.6. The number of anilines is 1. The van der Waals surface area contributed by atoms with Gasteiger partial charge in [0.1, 0.15) is 0 Å². The van der Waals surface area contributed by atoms with E-state index in [-0.39, 0.29) is 28.5 Å². The summed E-state index contributed by atoms with van der Waals surface area (Å²) in [5, 5.41) is 6.49. The zero-order valence-electron chi connectivity index (χ0n) is 18.2. The van der Waals surface area contributed by atoms with Crippen LogP contribution in [-0.2, 0) is 6.18 Å². The number of carbonyl (C=O) groups is 2. The summed E-state index contributed by atoms with van der Waals surface area (Å²) in [6.07, 6.45) is -2.87. The predicted octanol–water partition coefficient (Wildman–Crippen LogP) is 4.05. The maximum absolute atomic E-state index is 13.5. The Morgan fingerprint density at radius 2 is 1.65 bits per heavy atom. The highest BCUT2D eigenvalue weighted by Gasteiger charge is 2.34. The molecule has 10 heteroatoms. The normalized spacial score (nSPS) is 13.7. The highest BCUT2D eigenvalue weighted by molar-refractivity contribution is 6.08. The predicted molar refractivity (Wildman–Crippen MR) is 119 cm³/mol. The molecule has 176 valence electrons. The van der Waals surface area contributed by atoms with Gasteiger partial charge in [0.15, 0.2) is 5.69 Å². The van der Waals surface area contributed by atoms with Crippen LogP contribution in [0.3, 0.4) is 0 Å². The molecule has 0 atom stereocenters. The second kappa shape index (κ2) is 9.12. The molecule has 0 saturated carbocycles. The fourth-order valence-electron chi connectivity index (χ4n) is 3.90. The van der Waals surface area contributed by atoms with E-state index >= 15 is 0 Å². The highest BCUT2D eigenvalue weighted by Crippen LogP contribution is 2.33. The third kappa shape index (κ3) is 4.57. The fraction of sp³-hybridized carbons (Fsp3) is 0.250. The van der Waals surface area contributed by atoms with Crippen molar-refractivity contribution in [2.24, 2.45) is 0 Å². The number of hydrogen-bond donors (Lipinski definition) is 1. The van der Waals surface area contributed by atoms with Gasteiger partial charge < -0.3 is 10.2 Å². The number of nitrogens with zero attached hydrogens (tertiary/aromatic N) is 3. The number of hydrogen-bond acceptors (Lipinski definition) is 4. The Kier molecular flexibility index (Phi) is 6.23. The van der Waals surface area contributed by atoms with Crippen molar-refractivity contribution < 1.29 is 22.8 Å². The molecule has 0 unspecified atom stereocenters. The number of nitrogens with one attached hydrogen (secondary N) is 1. The molecule has 1 aliphatic heterocycles. The number of aromatic nitrogens is 2. The van der Waals surface area contributed by atoms with Gasteiger partial charge in [-0.15, -0.1) is 0 Å². The van der Waals surface area contributed by atoms with Crippen LogP contribution >= 0.6 is 0 Å². The van der Waals surface area contributed by atoms with E-state index in [0.29, 0.717) is 13.1 Å². The summed E-state index contributed by atoms with van der Waals surface area (Å²) in [5.41, 5.74) is -2.04. The molecule has 0 radical (unpaired) electrons. The van der Waals surface area contributed by atoms with E-state index in [1.54, 1.807) is 23.1 Å². The van der Waals surface area contributed by atoms with Gasteiger partial charge >= 0.3 is 6.18 Å². The maximum Gasteiger partial charge on any atom is 0.418 e. The number of carbonyl (C=O) groups excluding carboxylic acids is 2. The van der Waals surface area contributed by atoms with E-state index < -0.39 is 28.8 Å². The minimum Gasteiger partial charge on any atom is -0.339 e. The Hall–Kier alpha value is -3.95. The van der Waals surface area contributed by atoms with Crippen molar-refractivity contribution in [3.8, 4) is 5.69 Å². The standard InChI is InChI=1S/C24H21F3N4O3/c1-15-14-20(32)21(29-31(15)19-11-5-3-9-17(19)24(25,26)27)22(33)28-18-10-4-2-8-16(18)23(34)30-12-6-7-13-30/h2-5,8-11,14H,6-7,12-13H2,1H3,(H,28,33). The molecular formula is C24H21F3N4O3. The second-order valence-corrected chi connectivity index (χ2v) is 7.92. The third-order valence-corrected chi connectivity index (χ3v) is 5.56. The van der Waals surface area contributed by atoms with E-state index in [1.165, 1.54) is 31.2 Å². The van der Waals surface area contributed by atoms with Crippen molar-refractivity contribution >= 4 is 17.5 Å². The Labute approximate surface area is 192 Å². The summed E-state index contributed by atoms with van der Waals surface area (Å²) >= 11 is 0. The molecule has 34 heavy (non-hydrogen) atoms. The summed E-state index contributed by atoms with van der Waals surface area (Å²) in [4.78, 5) is 40.0. The first kappa shape index (κ1) is 23.2. The lowest BCUT2D eigenvalue weighted by Crippen LogP contribution is -2.30. The van der Waals surface area contributed by atoms with Crippen LogP contribution in [0.5, 0.6) is 0 Å². The molecule has 2 amide bonds. The molecule has 7 nitrogen and oxygen atoms in total. The summed E-state index contributed by atoms with van der Waals surface area (Å²) in [5.74, 6) is -1.17. The van der Waals surface area contributed by atoms with Crippen molar-refractivity contribution in [3.63, 3.8) is 0 Å². The molecule has 4 rings (SSSR count). The molecule has 1 aromatic heterocycles. The first-order valence-electron chi connectivity index (χ1n) is 10.6. The quantitative estimate of drug-likeness (QED) is 0.624. The van der Waals surface area contributed by atoms with E-state index in [1.807, 2.05) is 0 Å². The molecule has 1 N–H and O–H groups in total. The van der Waals surface area contributed by atoms with Gasteiger partial charge in [0.2, 0.25) is 5.43 Å². The van der Waals surface area contributed by atoms with Gasteiger partial charge in [0.25, 0.3) is 11.8 Å². The first-order chi connectivity index (χ1) is 16.2. The Morgan fingerprint density at radius 1 is 1.00 bits per heavy atom. The van der Waals surface area contributed by atoms with Crippen LogP contribution in [0.4, 0.5) is 18.9 Å². The Balaban J connectivity index is 1.71.